The number of aldehydes is 1. The van der Waals surface area contributed by atoms with E-state index in [2.05, 4.69) is 10.4 Å². The number of amides is 1. The van der Waals surface area contributed by atoms with Gasteiger partial charge < -0.3 is 10.1 Å². The lowest BCUT2D eigenvalue weighted by molar-refractivity contribution is -0.108. The molecule has 0 bridgehead atoms. The maximum Gasteiger partial charge on any atom is 0.296 e. The van der Waals surface area contributed by atoms with Crippen LogP contribution >= 0.6 is 0 Å². The maximum absolute atomic E-state index is 11.0. The number of nitrogens with one attached hydrogen (secondary N) is 3. The molecule has 13 heavy (non-hydrogen) atoms. The lowest BCUT2D eigenvalue weighted by Crippen LogP contribution is -2.31. The standard InChI is InChI=1S/C6H10N4O3/c1-7-5-4(6(12)9-13)10(8-5)2-3-11/h3,7-8,13H,2H2,1H3,(H,9,12). The van der Waals surface area contributed by atoms with Crippen molar-refractivity contribution < 1.29 is 14.8 Å². The van der Waals surface area contributed by atoms with E-state index in [-0.39, 0.29) is 12.2 Å². The molecule has 1 heterocycles. The van der Waals surface area contributed by atoms with E-state index in [1.165, 1.54) is 10.2 Å². The minimum Gasteiger partial charge on any atom is -0.372 e. The fourth-order valence-electron chi connectivity index (χ4n) is 1.00. The summed E-state index contributed by atoms with van der Waals surface area (Å²) in [6.45, 7) is 0.0495. The topological polar surface area (TPSA) is 99.2 Å². The number of anilines is 1. The molecule has 0 saturated carbocycles. The highest BCUT2D eigenvalue weighted by molar-refractivity contribution is 5.97. The van der Waals surface area contributed by atoms with E-state index in [9.17, 15) is 9.59 Å². The quantitative estimate of drug-likeness (QED) is 0.280. The zero-order valence-corrected chi connectivity index (χ0v) is 7.00. The first-order valence-electron chi connectivity index (χ1n) is 3.59. The molecule has 0 fully saturated rings. The zero-order valence-electron chi connectivity index (χ0n) is 7.00. The smallest absolute Gasteiger partial charge is 0.296 e. The van der Waals surface area contributed by atoms with Gasteiger partial charge in [0.2, 0.25) is 0 Å². The van der Waals surface area contributed by atoms with Crippen molar-refractivity contribution in [3.8, 4) is 0 Å². The van der Waals surface area contributed by atoms with Crippen molar-refractivity contribution in [1.82, 2.24) is 15.3 Å². The van der Waals surface area contributed by atoms with Gasteiger partial charge >= 0.3 is 0 Å². The first-order chi connectivity index (χ1) is 6.24. The zero-order chi connectivity index (χ0) is 9.84. The molecule has 0 spiro atoms. The Bertz CT molecular complexity index is 314. The van der Waals surface area contributed by atoms with Crippen LogP contribution in [-0.2, 0) is 11.3 Å². The first kappa shape index (κ1) is 9.33. The number of rotatable bonds is 4. The van der Waals surface area contributed by atoms with Crippen molar-refractivity contribution in [3.05, 3.63) is 5.69 Å². The molecule has 0 aromatic carbocycles. The van der Waals surface area contributed by atoms with Gasteiger partial charge in [0.05, 0.1) is 6.54 Å². The van der Waals surface area contributed by atoms with Crippen molar-refractivity contribution in [1.29, 1.82) is 0 Å². The predicted molar refractivity (Wildman–Crippen MR) is 43.6 cm³/mol. The van der Waals surface area contributed by atoms with Gasteiger partial charge in [-0.1, -0.05) is 0 Å². The molecule has 1 amide bonds. The number of aromatic amines is 1. The van der Waals surface area contributed by atoms with Gasteiger partial charge in [-0.15, -0.1) is 0 Å². The first-order valence-corrected chi connectivity index (χ1v) is 3.59. The Balaban J connectivity index is 2.87. The lowest BCUT2D eigenvalue weighted by Gasteiger charge is -2.19. The number of carbonyl (C=O) groups is 2. The molecule has 1 rings (SSSR count). The van der Waals surface area contributed by atoms with Crippen LogP contribution in [-0.4, -0.2) is 34.2 Å². The summed E-state index contributed by atoms with van der Waals surface area (Å²) in [6.07, 6.45) is 0.643. The number of H-pyrrole nitrogens is 1. The molecule has 7 heteroatoms. The van der Waals surface area contributed by atoms with Crippen LogP contribution in [0.3, 0.4) is 0 Å². The van der Waals surface area contributed by atoms with Crippen molar-refractivity contribution >= 4 is 18.0 Å². The van der Waals surface area contributed by atoms with Crippen LogP contribution in [0.4, 0.5) is 5.82 Å². The van der Waals surface area contributed by atoms with Gasteiger partial charge in [-0.25, -0.2) is 5.48 Å². The predicted octanol–water partition coefficient (Wildman–Crippen LogP) is -0.824. The van der Waals surface area contributed by atoms with E-state index in [0.717, 1.165) is 0 Å². The van der Waals surface area contributed by atoms with Crippen LogP contribution in [0.1, 0.15) is 10.5 Å². The number of aromatic nitrogens is 2. The average Bonchev–Trinajstić information content (AvgIpc) is 2.11. The molecule has 0 aliphatic heterocycles. The molecule has 72 valence electrons. The number of carbonyl (C=O) groups excluding carboxylic acids is 2. The number of hydrogen-bond acceptors (Lipinski definition) is 4. The van der Waals surface area contributed by atoms with Crippen LogP contribution in [0.2, 0.25) is 0 Å². The summed E-state index contributed by atoms with van der Waals surface area (Å²) in [4.78, 5) is 21.1. The van der Waals surface area contributed by atoms with Gasteiger partial charge in [0.25, 0.3) is 5.91 Å². The monoisotopic (exact) mass is 186 g/mol. The minimum absolute atomic E-state index is 0.0495. The Kier molecular flexibility index (Phi) is 2.70. The molecule has 0 unspecified atom stereocenters. The molecule has 1 aromatic heterocycles. The van der Waals surface area contributed by atoms with Gasteiger partial charge in [0.1, 0.15) is 12.1 Å². The van der Waals surface area contributed by atoms with Crippen LogP contribution in [0.15, 0.2) is 0 Å². The Labute approximate surface area is 73.7 Å². The van der Waals surface area contributed by atoms with E-state index in [4.69, 9.17) is 5.21 Å². The molecular formula is C6H10N4O3. The Morgan fingerprint density at radius 2 is 2.46 bits per heavy atom. The van der Waals surface area contributed by atoms with Gasteiger partial charge in [0.15, 0.2) is 5.69 Å². The van der Waals surface area contributed by atoms with Crippen molar-refractivity contribution in [3.63, 3.8) is 0 Å². The summed E-state index contributed by atoms with van der Waals surface area (Å²) in [5.74, 6) is -0.196. The second-order valence-corrected chi connectivity index (χ2v) is 2.30. The van der Waals surface area contributed by atoms with Gasteiger partial charge in [-0.3, -0.25) is 19.8 Å². The second-order valence-electron chi connectivity index (χ2n) is 2.30. The summed E-state index contributed by atoms with van der Waals surface area (Å²) in [7, 11) is 1.62. The van der Waals surface area contributed by atoms with Crippen LogP contribution < -0.4 is 10.8 Å². The molecule has 0 aliphatic rings. The molecule has 0 radical (unpaired) electrons. The normalized spacial score (nSPS) is 9.69. The summed E-state index contributed by atoms with van der Waals surface area (Å²) in [5.41, 5.74) is 1.69. The van der Waals surface area contributed by atoms with Gasteiger partial charge in [0, 0.05) is 7.05 Å². The molecular weight excluding hydrogens is 176 g/mol. The van der Waals surface area contributed by atoms with E-state index in [1.807, 2.05) is 0 Å². The SMILES string of the molecule is CNc1[nH]n(CC=O)c1C(=O)NO. The number of nitrogens with zero attached hydrogens (tertiary/aromatic N) is 1. The van der Waals surface area contributed by atoms with Crippen LogP contribution in [0.5, 0.6) is 0 Å². The maximum atomic E-state index is 11.0. The van der Waals surface area contributed by atoms with Crippen molar-refractivity contribution in [2.24, 2.45) is 0 Å². The number of hydroxylamine groups is 1. The molecule has 7 nitrogen and oxygen atoms in total. The van der Waals surface area contributed by atoms with E-state index in [0.29, 0.717) is 12.1 Å². The largest absolute Gasteiger partial charge is 0.372 e. The second kappa shape index (κ2) is 3.76. The third kappa shape index (κ3) is 1.54. The average molecular weight is 186 g/mol. The van der Waals surface area contributed by atoms with Crippen LogP contribution in [0, 0.1) is 0 Å². The highest BCUT2D eigenvalue weighted by atomic mass is 16.5. The van der Waals surface area contributed by atoms with E-state index < -0.39 is 5.91 Å². The summed E-state index contributed by atoms with van der Waals surface area (Å²) >= 11 is 0. The molecule has 4 N–H and O–H groups in total. The molecule has 0 saturated heterocycles. The third-order valence-electron chi connectivity index (χ3n) is 1.58. The summed E-state index contributed by atoms with van der Waals surface area (Å²) in [5, 5.41) is 13.8. The molecule has 1 aromatic rings. The fraction of sp³-hybridized carbons (Fsp3) is 0.333. The molecule has 0 aliphatic carbocycles. The van der Waals surface area contributed by atoms with Gasteiger partial charge in [-0.2, -0.15) is 0 Å². The Morgan fingerprint density at radius 3 is 2.92 bits per heavy atom. The van der Waals surface area contributed by atoms with E-state index >= 15 is 0 Å². The Morgan fingerprint density at radius 1 is 1.77 bits per heavy atom. The van der Waals surface area contributed by atoms with E-state index in [1.54, 1.807) is 7.05 Å². The number of hydrogen-bond donors (Lipinski definition) is 4. The highest BCUT2D eigenvalue weighted by Gasteiger charge is 2.19. The lowest BCUT2D eigenvalue weighted by atomic mass is 10.3. The molecule has 0 atom stereocenters. The summed E-state index contributed by atoms with van der Waals surface area (Å²) < 4.78 is 1.31. The third-order valence-corrected chi connectivity index (χ3v) is 1.58. The van der Waals surface area contributed by atoms with Crippen LogP contribution in [0.25, 0.3) is 0 Å². The fourth-order valence-corrected chi connectivity index (χ4v) is 1.00. The van der Waals surface area contributed by atoms with Crippen molar-refractivity contribution in [2.45, 2.75) is 6.54 Å². The minimum atomic E-state index is -0.662. The van der Waals surface area contributed by atoms with Crippen molar-refractivity contribution in [2.75, 3.05) is 12.4 Å². The van der Waals surface area contributed by atoms with Gasteiger partial charge in [-0.05, 0) is 0 Å². The Hall–Kier alpha value is -1.76. The highest BCUT2D eigenvalue weighted by Crippen LogP contribution is 2.14. The summed E-state index contributed by atoms with van der Waals surface area (Å²) in [6, 6.07) is 0.